The number of anilines is 1. The summed E-state index contributed by atoms with van der Waals surface area (Å²) in [6.07, 6.45) is 4.31. The van der Waals surface area contributed by atoms with Crippen molar-refractivity contribution in [1.82, 2.24) is 0 Å². The molecule has 132 valence electrons. The van der Waals surface area contributed by atoms with Crippen LogP contribution in [0.5, 0.6) is 11.5 Å². The molecule has 0 amide bonds. The van der Waals surface area contributed by atoms with Gasteiger partial charge in [0.15, 0.2) is 11.5 Å². The van der Waals surface area contributed by atoms with E-state index in [0.717, 1.165) is 35.9 Å². The van der Waals surface area contributed by atoms with Crippen LogP contribution < -0.4 is 20.5 Å². The molecule has 1 aromatic rings. The van der Waals surface area contributed by atoms with Crippen LogP contribution in [0.4, 0.5) is 5.69 Å². The quantitative estimate of drug-likeness (QED) is 0.795. The molecule has 1 saturated carbocycles. The number of halogens is 1. The summed E-state index contributed by atoms with van der Waals surface area (Å²) in [5.74, 6) is 2.20. The maximum Gasteiger partial charge on any atom is 0.162 e. The summed E-state index contributed by atoms with van der Waals surface area (Å²) in [7, 11) is 3.29. The van der Waals surface area contributed by atoms with Gasteiger partial charge < -0.3 is 20.5 Å². The van der Waals surface area contributed by atoms with Crippen molar-refractivity contribution in [1.29, 1.82) is 0 Å². The minimum atomic E-state index is -0.332. The van der Waals surface area contributed by atoms with Crippen molar-refractivity contribution in [2.45, 2.75) is 52.1 Å². The molecule has 0 unspecified atom stereocenters. The molecule has 1 fully saturated rings. The molecule has 0 aromatic heterocycles. The van der Waals surface area contributed by atoms with Gasteiger partial charge in [-0.15, -0.1) is 12.4 Å². The lowest BCUT2D eigenvalue weighted by Crippen LogP contribution is -2.51. The molecule has 23 heavy (non-hydrogen) atoms. The van der Waals surface area contributed by atoms with Crippen LogP contribution in [0.3, 0.4) is 0 Å². The Balaban J connectivity index is 0.00000264. The predicted molar refractivity (Wildman–Crippen MR) is 98.7 cm³/mol. The molecule has 0 saturated heterocycles. The number of methoxy groups -OCH3 is 2. The van der Waals surface area contributed by atoms with Crippen molar-refractivity contribution in [2.75, 3.05) is 19.5 Å². The van der Waals surface area contributed by atoms with Gasteiger partial charge in [0.25, 0.3) is 0 Å². The Kier molecular flexibility index (Phi) is 6.60. The Hall–Kier alpha value is -1.13. The summed E-state index contributed by atoms with van der Waals surface area (Å²) < 4.78 is 10.6. The standard InChI is InChI=1S/C18H30N2O2.ClH/c1-17(2,3)13-8-10-18(19,11-9-13)20-14-6-7-15(21-4)16(12-14)22-5;/h6-7,12-13,20H,8-11,19H2,1-5H3;1H. The third-order valence-electron chi connectivity index (χ3n) is 4.88. The van der Waals surface area contributed by atoms with E-state index in [1.165, 1.54) is 12.8 Å². The zero-order chi connectivity index (χ0) is 16.4. The van der Waals surface area contributed by atoms with Crippen molar-refractivity contribution >= 4 is 18.1 Å². The van der Waals surface area contributed by atoms with Crippen molar-refractivity contribution in [2.24, 2.45) is 17.1 Å². The van der Waals surface area contributed by atoms with Crippen LogP contribution in [-0.4, -0.2) is 19.9 Å². The molecule has 4 nitrogen and oxygen atoms in total. The molecule has 1 aliphatic carbocycles. The molecule has 1 aromatic carbocycles. The monoisotopic (exact) mass is 342 g/mol. The number of benzene rings is 1. The normalized spacial score (nSPS) is 24.5. The Morgan fingerprint density at radius 1 is 1.09 bits per heavy atom. The first-order valence-electron chi connectivity index (χ1n) is 8.06. The zero-order valence-corrected chi connectivity index (χ0v) is 15.8. The third kappa shape index (κ3) is 4.92. The van der Waals surface area contributed by atoms with Crippen molar-refractivity contribution in [3.8, 4) is 11.5 Å². The Labute approximate surface area is 146 Å². The highest BCUT2D eigenvalue weighted by molar-refractivity contribution is 5.85. The van der Waals surface area contributed by atoms with Gasteiger partial charge in [0.2, 0.25) is 0 Å². The van der Waals surface area contributed by atoms with Crippen LogP contribution in [0, 0.1) is 11.3 Å². The number of ether oxygens (including phenoxy) is 2. The van der Waals surface area contributed by atoms with E-state index >= 15 is 0 Å². The maximum absolute atomic E-state index is 6.58. The maximum atomic E-state index is 6.58. The van der Waals surface area contributed by atoms with Gasteiger partial charge in [-0.1, -0.05) is 20.8 Å². The van der Waals surface area contributed by atoms with Crippen molar-refractivity contribution < 1.29 is 9.47 Å². The molecule has 0 spiro atoms. The fourth-order valence-corrected chi connectivity index (χ4v) is 3.33. The van der Waals surface area contributed by atoms with Crippen LogP contribution in [0.25, 0.3) is 0 Å². The van der Waals surface area contributed by atoms with Gasteiger partial charge in [-0.25, -0.2) is 0 Å². The number of nitrogens with two attached hydrogens (primary N) is 1. The molecule has 0 aliphatic heterocycles. The average Bonchev–Trinajstić information content (AvgIpc) is 2.46. The first-order valence-corrected chi connectivity index (χ1v) is 8.06. The highest BCUT2D eigenvalue weighted by atomic mass is 35.5. The van der Waals surface area contributed by atoms with Crippen LogP contribution in [-0.2, 0) is 0 Å². The molecular weight excluding hydrogens is 312 g/mol. The second-order valence-electron chi connectivity index (χ2n) is 7.49. The van der Waals surface area contributed by atoms with Gasteiger partial charge in [0.05, 0.1) is 19.9 Å². The second kappa shape index (κ2) is 7.63. The fourth-order valence-electron chi connectivity index (χ4n) is 3.33. The number of hydrogen-bond donors (Lipinski definition) is 2. The lowest BCUT2D eigenvalue weighted by molar-refractivity contribution is 0.144. The van der Waals surface area contributed by atoms with Gasteiger partial charge >= 0.3 is 0 Å². The SMILES string of the molecule is COc1ccc(NC2(N)CCC(C(C)(C)C)CC2)cc1OC.Cl. The molecule has 1 aliphatic rings. The molecule has 5 heteroatoms. The fraction of sp³-hybridized carbons (Fsp3) is 0.667. The lowest BCUT2D eigenvalue weighted by atomic mass is 9.70. The first-order chi connectivity index (χ1) is 10.3. The van der Waals surface area contributed by atoms with E-state index in [0.29, 0.717) is 5.41 Å². The molecule has 0 atom stereocenters. The van der Waals surface area contributed by atoms with Gasteiger partial charge in [-0.2, -0.15) is 0 Å². The van der Waals surface area contributed by atoms with E-state index in [9.17, 15) is 0 Å². The van der Waals surface area contributed by atoms with Gasteiger partial charge in [-0.05, 0) is 49.1 Å². The van der Waals surface area contributed by atoms with Crippen LogP contribution in [0.15, 0.2) is 18.2 Å². The second-order valence-corrected chi connectivity index (χ2v) is 7.49. The molecule has 0 radical (unpaired) electrons. The number of rotatable bonds is 4. The summed E-state index contributed by atoms with van der Waals surface area (Å²) in [6, 6.07) is 5.85. The smallest absolute Gasteiger partial charge is 0.162 e. The predicted octanol–water partition coefficient (Wildman–Crippen LogP) is 4.43. The summed E-state index contributed by atoms with van der Waals surface area (Å²) in [4.78, 5) is 0. The Morgan fingerprint density at radius 3 is 2.13 bits per heavy atom. The molecule has 3 N–H and O–H groups in total. The summed E-state index contributed by atoms with van der Waals surface area (Å²) in [6.45, 7) is 6.97. The summed E-state index contributed by atoms with van der Waals surface area (Å²) >= 11 is 0. The van der Waals surface area contributed by atoms with E-state index in [2.05, 4.69) is 26.1 Å². The minimum Gasteiger partial charge on any atom is -0.493 e. The van der Waals surface area contributed by atoms with Crippen LogP contribution in [0.1, 0.15) is 46.5 Å². The van der Waals surface area contributed by atoms with Crippen LogP contribution >= 0.6 is 12.4 Å². The third-order valence-corrected chi connectivity index (χ3v) is 4.88. The highest BCUT2D eigenvalue weighted by Gasteiger charge is 2.36. The largest absolute Gasteiger partial charge is 0.493 e. The zero-order valence-electron chi connectivity index (χ0n) is 14.9. The Bertz CT molecular complexity index is 506. The van der Waals surface area contributed by atoms with E-state index in [1.54, 1.807) is 14.2 Å². The molecule has 0 bridgehead atoms. The molecule has 0 heterocycles. The topological polar surface area (TPSA) is 56.5 Å². The van der Waals surface area contributed by atoms with Crippen molar-refractivity contribution in [3.05, 3.63) is 18.2 Å². The minimum absolute atomic E-state index is 0. The van der Waals surface area contributed by atoms with Gasteiger partial charge in [0, 0.05) is 11.8 Å². The molecular formula is C18H31ClN2O2. The highest BCUT2D eigenvalue weighted by Crippen LogP contribution is 2.41. The van der Waals surface area contributed by atoms with E-state index in [-0.39, 0.29) is 18.1 Å². The average molecular weight is 343 g/mol. The Morgan fingerprint density at radius 2 is 1.65 bits per heavy atom. The molecule has 2 rings (SSSR count). The van der Waals surface area contributed by atoms with E-state index in [4.69, 9.17) is 15.2 Å². The summed E-state index contributed by atoms with van der Waals surface area (Å²) in [5.41, 5.74) is 7.59. The number of hydrogen-bond acceptors (Lipinski definition) is 4. The van der Waals surface area contributed by atoms with Gasteiger partial charge in [0.1, 0.15) is 0 Å². The van der Waals surface area contributed by atoms with E-state index < -0.39 is 0 Å². The summed E-state index contributed by atoms with van der Waals surface area (Å²) in [5, 5.41) is 3.50. The number of nitrogens with one attached hydrogen (secondary N) is 1. The first kappa shape index (κ1) is 19.9. The van der Waals surface area contributed by atoms with E-state index in [1.807, 2.05) is 18.2 Å². The van der Waals surface area contributed by atoms with Crippen molar-refractivity contribution in [3.63, 3.8) is 0 Å². The van der Waals surface area contributed by atoms with Gasteiger partial charge in [-0.3, -0.25) is 0 Å². The van der Waals surface area contributed by atoms with Crippen LogP contribution in [0.2, 0.25) is 0 Å². The lowest BCUT2D eigenvalue weighted by Gasteiger charge is -2.43.